The molecule has 0 saturated carbocycles. The Morgan fingerprint density at radius 3 is 2.62 bits per heavy atom. The van der Waals surface area contributed by atoms with E-state index in [4.69, 9.17) is 0 Å². The van der Waals surface area contributed by atoms with Gasteiger partial charge in [0.25, 0.3) is 12.1 Å². The van der Waals surface area contributed by atoms with Crippen molar-refractivity contribution in [2.24, 2.45) is 0 Å². The molecule has 0 atom stereocenters. The molecule has 2 rings (SSSR count). The van der Waals surface area contributed by atoms with Gasteiger partial charge >= 0.3 is 0 Å². The predicted molar refractivity (Wildman–Crippen MR) is 79.5 cm³/mol. The van der Waals surface area contributed by atoms with E-state index in [0.29, 0.717) is 22.3 Å². The van der Waals surface area contributed by atoms with Crippen molar-refractivity contribution in [1.29, 1.82) is 0 Å². The number of rotatable bonds is 5. The molecule has 1 N–H and O–H groups in total. The lowest BCUT2D eigenvalue weighted by atomic mass is 10.1. The summed E-state index contributed by atoms with van der Waals surface area (Å²) in [7, 11) is 0. The molecule has 0 aromatic heterocycles. The van der Waals surface area contributed by atoms with Crippen LogP contribution in [0, 0.1) is 10.1 Å². The minimum absolute atomic E-state index is 0.0212. The lowest BCUT2D eigenvalue weighted by Gasteiger charge is -2.09. The summed E-state index contributed by atoms with van der Waals surface area (Å²) in [6.07, 6.45) is -2.50. The average molecular weight is 357 g/mol. The quantitative estimate of drug-likeness (QED) is 0.611. The normalized spacial score (nSPS) is 10.7. The molecule has 0 aliphatic rings. The van der Waals surface area contributed by atoms with E-state index in [1.165, 1.54) is 24.3 Å². The summed E-state index contributed by atoms with van der Waals surface area (Å²) in [5, 5.41) is 13.7. The maximum atomic E-state index is 12.6. The van der Waals surface area contributed by atoms with E-state index < -0.39 is 11.3 Å². The molecular formula is C14H11BrF2N2O2. The number of non-ortho nitro benzene ring substituents is 1. The molecule has 0 spiro atoms. The first-order chi connectivity index (χ1) is 9.97. The first kappa shape index (κ1) is 15.4. The zero-order chi connectivity index (χ0) is 15.4. The van der Waals surface area contributed by atoms with E-state index in [2.05, 4.69) is 21.2 Å². The zero-order valence-electron chi connectivity index (χ0n) is 10.7. The number of hydrogen-bond donors (Lipinski definition) is 1. The maximum absolute atomic E-state index is 12.6. The molecule has 110 valence electrons. The predicted octanol–water partition coefficient (Wildman–Crippen LogP) is 4.91. The van der Waals surface area contributed by atoms with Crippen LogP contribution in [0.5, 0.6) is 0 Å². The number of nitrogens with one attached hydrogen (secondary N) is 1. The molecule has 4 nitrogen and oxygen atoms in total. The third kappa shape index (κ3) is 3.98. The van der Waals surface area contributed by atoms with Crippen LogP contribution in [-0.2, 0) is 6.54 Å². The van der Waals surface area contributed by atoms with Crippen LogP contribution in [0.15, 0.2) is 46.9 Å². The molecule has 0 heterocycles. The SMILES string of the molecule is O=[N+]([O-])c1ccc(NCc2cccc(C(F)F)c2)c(Br)c1. The Kier molecular flexibility index (Phi) is 4.85. The molecule has 0 saturated heterocycles. The standard InChI is InChI=1S/C14H11BrF2N2O2/c15-12-7-11(19(20)21)4-5-13(12)18-8-9-2-1-3-10(6-9)14(16)17/h1-7,14,18H,8H2. The Morgan fingerprint density at radius 2 is 2.00 bits per heavy atom. The van der Waals surface area contributed by atoms with E-state index in [0.717, 1.165) is 0 Å². The van der Waals surface area contributed by atoms with Gasteiger partial charge in [0.15, 0.2) is 0 Å². The van der Waals surface area contributed by atoms with Gasteiger partial charge in [-0.15, -0.1) is 0 Å². The smallest absolute Gasteiger partial charge is 0.270 e. The number of hydrogen-bond acceptors (Lipinski definition) is 3. The van der Waals surface area contributed by atoms with Crippen LogP contribution in [0.4, 0.5) is 20.2 Å². The molecule has 21 heavy (non-hydrogen) atoms. The van der Waals surface area contributed by atoms with E-state index in [9.17, 15) is 18.9 Å². The van der Waals surface area contributed by atoms with Crippen LogP contribution >= 0.6 is 15.9 Å². The fraction of sp³-hybridized carbons (Fsp3) is 0.143. The highest BCUT2D eigenvalue weighted by atomic mass is 79.9. The van der Waals surface area contributed by atoms with Crippen molar-refractivity contribution in [3.63, 3.8) is 0 Å². The number of halogens is 3. The molecule has 0 amide bonds. The van der Waals surface area contributed by atoms with Gasteiger partial charge < -0.3 is 5.32 Å². The fourth-order valence-electron chi connectivity index (χ4n) is 1.80. The summed E-state index contributed by atoms with van der Waals surface area (Å²) < 4.78 is 25.7. The minimum Gasteiger partial charge on any atom is -0.380 e. The Labute approximate surface area is 128 Å². The Bertz CT molecular complexity index is 665. The Hall–Kier alpha value is -2.02. The molecule has 0 aliphatic heterocycles. The topological polar surface area (TPSA) is 55.2 Å². The van der Waals surface area contributed by atoms with Crippen molar-refractivity contribution in [2.75, 3.05) is 5.32 Å². The lowest BCUT2D eigenvalue weighted by molar-refractivity contribution is -0.384. The molecule has 0 bridgehead atoms. The number of nitro groups is 1. The van der Waals surface area contributed by atoms with Crippen LogP contribution < -0.4 is 5.32 Å². The molecule has 0 aliphatic carbocycles. The van der Waals surface area contributed by atoms with Crippen molar-refractivity contribution in [3.05, 3.63) is 68.2 Å². The largest absolute Gasteiger partial charge is 0.380 e. The third-order valence-electron chi connectivity index (χ3n) is 2.85. The van der Waals surface area contributed by atoms with Gasteiger partial charge in [-0.05, 0) is 33.6 Å². The highest BCUT2D eigenvalue weighted by Gasteiger charge is 2.10. The van der Waals surface area contributed by atoms with Gasteiger partial charge in [-0.2, -0.15) is 0 Å². The van der Waals surface area contributed by atoms with E-state index in [-0.39, 0.29) is 11.3 Å². The minimum atomic E-state index is -2.50. The summed E-state index contributed by atoms with van der Waals surface area (Å²) in [6, 6.07) is 10.4. The summed E-state index contributed by atoms with van der Waals surface area (Å²) >= 11 is 3.24. The van der Waals surface area contributed by atoms with Crippen LogP contribution in [0.1, 0.15) is 17.6 Å². The maximum Gasteiger partial charge on any atom is 0.270 e. The van der Waals surface area contributed by atoms with Crippen molar-refractivity contribution in [3.8, 4) is 0 Å². The summed E-state index contributed by atoms with van der Waals surface area (Å²) in [5.74, 6) is 0. The van der Waals surface area contributed by atoms with Crippen molar-refractivity contribution in [1.82, 2.24) is 0 Å². The molecule has 0 radical (unpaired) electrons. The molecule has 2 aromatic rings. The van der Waals surface area contributed by atoms with Gasteiger partial charge in [-0.1, -0.05) is 18.2 Å². The molecule has 0 unspecified atom stereocenters. The Morgan fingerprint density at radius 1 is 1.24 bits per heavy atom. The summed E-state index contributed by atoms with van der Waals surface area (Å²) in [5.41, 5.74) is 1.31. The third-order valence-corrected chi connectivity index (χ3v) is 3.51. The van der Waals surface area contributed by atoms with Gasteiger partial charge in [-0.3, -0.25) is 10.1 Å². The average Bonchev–Trinajstić information content (AvgIpc) is 2.46. The molecule has 7 heteroatoms. The summed E-state index contributed by atoms with van der Waals surface area (Å²) in [6.45, 7) is 0.344. The van der Waals surface area contributed by atoms with Crippen molar-refractivity contribution >= 4 is 27.3 Å². The molecular weight excluding hydrogens is 346 g/mol. The van der Waals surface area contributed by atoms with Crippen LogP contribution in [0.25, 0.3) is 0 Å². The molecule has 2 aromatic carbocycles. The summed E-state index contributed by atoms with van der Waals surface area (Å²) in [4.78, 5) is 10.2. The second kappa shape index (κ2) is 6.62. The van der Waals surface area contributed by atoms with Crippen LogP contribution in [-0.4, -0.2) is 4.92 Å². The first-order valence-corrected chi connectivity index (χ1v) is 6.81. The van der Waals surface area contributed by atoms with Gasteiger partial charge in [0.1, 0.15) is 0 Å². The van der Waals surface area contributed by atoms with Gasteiger partial charge in [-0.25, -0.2) is 8.78 Å². The van der Waals surface area contributed by atoms with E-state index in [1.54, 1.807) is 18.2 Å². The number of alkyl halides is 2. The lowest BCUT2D eigenvalue weighted by Crippen LogP contribution is -2.01. The second-order valence-electron chi connectivity index (χ2n) is 4.32. The first-order valence-electron chi connectivity index (χ1n) is 6.02. The van der Waals surface area contributed by atoms with Crippen LogP contribution in [0.3, 0.4) is 0 Å². The Balaban J connectivity index is 2.09. The molecule has 0 fully saturated rings. The van der Waals surface area contributed by atoms with Crippen molar-refractivity contribution < 1.29 is 13.7 Å². The van der Waals surface area contributed by atoms with E-state index in [1.807, 2.05) is 0 Å². The number of benzene rings is 2. The fourth-order valence-corrected chi connectivity index (χ4v) is 2.30. The van der Waals surface area contributed by atoms with Gasteiger partial charge in [0, 0.05) is 34.4 Å². The number of nitrogens with zero attached hydrogens (tertiary/aromatic N) is 1. The highest BCUT2D eigenvalue weighted by Crippen LogP contribution is 2.27. The highest BCUT2D eigenvalue weighted by molar-refractivity contribution is 9.10. The zero-order valence-corrected chi connectivity index (χ0v) is 12.3. The number of nitro benzene ring substituents is 1. The van der Waals surface area contributed by atoms with Crippen LogP contribution in [0.2, 0.25) is 0 Å². The van der Waals surface area contributed by atoms with E-state index >= 15 is 0 Å². The number of anilines is 1. The van der Waals surface area contributed by atoms with Gasteiger partial charge in [0.05, 0.1) is 4.92 Å². The van der Waals surface area contributed by atoms with Crippen molar-refractivity contribution in [2.45, 2.75) is 13.0 Å². The monoisotopic (exact) mass is 356 g/mol. The second-order valence-corrected chi connectivity index (χ2v) is 5.17. The van der Waals surface area contributed by atoms with Gasteiger partial charge in [0.2, 0.25) is 0 Å².